The Kier molecular flexibility index (Phi) is 13.9. The van der Waals surface area contributed by atoms with Crippen molar-refractivity contribution in [2.45, 2.75) is 177 Å². The molecule has 4 unspecified atom stereocenters. The van der Waals surface area contributed by atoms with Gasteiger partial charge < -0.3 is 21.3 Å². The van der Waals surface area contributed by atoms with Crippen LogP contribution in [0.4, 0.5) is 0 Å². The highest BCUT2D eigenvalue weighted by atomic mass is 15.1. The van der Waals surface area contributed by atoms with Crippen LogP contribution in [0.3, 0.4) is 0 Å². The molecule has 6 rings (SSSR count). The summed E-state index contributed by atoms with van der Waals surface area (Å²) in [5.74, 6) is 5.76. The van der Waals surface area contributed by atoms with E-state index in [1.54, 1.807) is 0 Å². The molecule has 4 heterocycles. The van der Waals surface area contributed by atoms with Gasteiger partial charge in [0.25, 0.3) is 0 Å². The van der Waals surface area contributed by atoms with Crippen molar-refractivity contribution in [2.75, 3.05) is 0 Å². The maximum atomic E-state index is 4.14. The van der Waals surface area contributed by atoms with Crippen LogP contribution in [-0.4, -0.2) is 22.2 Å². The summed E-state index contributed by atoms with van der Waals surface area (Å²) >= 11 is 0. The first-order valence-electron chi connectivity index (χ1n) is 19.0. The van der Waals surface area contributed by atoms with E-state index in [2.05, 4.69) is 131 Å². The maximum absolute atomic E-state index is 4.14. The lowest BCUT2D eigenvalue weighted by Crippen LogP contribution is -2.45. The summed E-state index contributed by atoms with van der Waals surface area (Å²) in [7, 11) is 0. The zero-order chi connectivity index (χ0) is 34.8. The molecule has 6 aliphatic rings. The van der Waals surface area contributed by atoms with Gasteiger partial charge in [-0.2, -0.15) is 0 Å². The van der Waals surface area contributed by atoms with Crippen LogP contribution >= 0.6 is 0 Å². The molecule has 4 aliphatic heterocycles. The fourth-order valence-electron chi connectivity index (χ4n) is 8.42. The Morgan fingerprint density at radius 1 is 0.447 bits per heavy atom. The minimum atomic E-state index is 0. The van der Waals surface area contributed by atoms with E-state index in [9.17, 15) is 0 Å². The predicted octanol–water partition coefficient (Wildman–Crippen LogP) is 11.1. The Balaban J connectivity index is 0.000000217. The average molecular weight is 653 g/mol. The lowest BCUT2D eigenvalue weighted by atomic mass is 9.80. The van der Waals surface area contributed by atoms with Gasteiger partial charge in [0.1, 0.15) is 0 Å². The SMILES string of the molecule is C.C=C1NC(C)(C)CC1C(C)C.C=C1NC(C)(C)CCC1C(C)C.C=C1NC2(CC2)CC1C(C)C.C=C1NC2(CCC1C(C)C)CC2. The fraction of sp³-hybridized carbons (Fsp3) is 0.814. The molecular weight excluding hydrogens is 573 g/mol. The van der Waals surface area contributed by atoms with Crippen molar-refractivity contribution >= 4 is 0 Å². The first-order valence-corrected chi connectivity index (χ1v) is 19.0. The van der Waals surface area contributed by atoms with Gasteiger partial charge in [-0.15, -0.1) is 0 Å². The molecule has 0 aromatic rings. The number of nitrogens with one attached hydrogen (secondary N) is 4. The standard InChI is InChI=1S/C11H19N.C11H21N.C10H17N.C10H19N.CH4/c1-8(2)10-4-5-11(6-7-11)12-9(10)3;1-8(2)10-6-7-11(4,5)12-9(10)3;1-7(2)9-6-10(4-5-10)11-8(9)3;1-7(2)9-6-10(4,5)11-8(9)3;/h8,10,12H,3-7H2,1-2H3;8,10,12H,3,6-7H2,1-2,4-5H3;7,9,11H,3-6H2,1-2H3;7,9,11H,3,6H2,1-2,4-5H3;1H4. The quantitative estimate of drug-likeness (QED) is 0.244. The van der Waals surface area contributed by atoms with Crippen LogP contribution < -0.4 is 21.3 Å². The molecule has 4 heteroatoms. The molecule has 0 bridgehead atoms. The van der Waals surface area contributed by atoms with Crippen molar-refractivity contribution in [1.82, 2.24) is 21.3 Å². The molecule has 272 valence electrons. The van der Waals surface area contributed by atoms with Crippen molar-refractivity contribution in [3.05, 3.63) is 49.1 Å². The highest BCUT2D eigenvalue weighted by Crippen LogP contribution is 2.50. The Labute approximate surface area is 293 Å². The van der Waals surface area contributed by atoms with Crippen LogP contribution in [0.15, 0.2) is 49.1 Å². The van der Waals surface area contributed by atoms with E-state index in [1.165, 1.54) is 87.0 Å². The van der Waals surface area contributed by atoms with Crippen molar-refractivity contribution in [1.29, 1.82) is 0 Å². The normalized spacial score (nSPS) is 30.1. The first kappa shape index (κ1) is 41.3. The number of piperidine rings is 2. The largest absolute Gasteiger partial charge is 0.384 e. The summed E-state index contributed by atoms with van der Waals surface area (Å²) in [5, 5.41) is 14.1. The second-order valence-corrected chi connectivity index (χ2v) is 18.8. The number of allylic oxidation sites excluding steroid dienone is 4. The highest BCUT2D eigenvalue weighted by molar-refractivity contribution is 5.21. The molecule has 47 heavy (non-hydrogen) atoms. The maximum Gasteiger partial charge on any atom is 0.0379 e. The number of rotatable bonds is 4. The minimum absolute atomic E-state index is 0. The van der Waals surface area contributed by atoms with Gasteiger partial charge in [0.15, 0.2) is 0 Å². The molecule has 4 saturated heterocycles. The number of hydrogen-bond donors (Lipinski definition) is 4. The molecule has 6 fully saturated rings. The van der Waals surface area contributed by atoms with Crippen molar-refractivity contribution in [3.8, 4) is 0 Å². The third kappa shape index (κ3) is 11.6. The van der Waals surface area contributed by atoms with Gasteiger partial charge in [0, 0.05) is 68.6 Å². The van der Waals surface area contributed by atoms with Gasteiger partial charge >= 0.3 is 0 Å². The van der Waals surface area contributed by atoms with Crippen LogP contribution in [0.5, 0.6) is 0 Å². The van der Waals surface area contributed by atoms with Gasteiger partial charge in [0.05, 0.1) is 0 Å². The molecule has 2 spiro atoms. The fourth-order valence-corrected chi connectivity index (χ4v) is 8.42. The highest BCUT2D eigenvalue weighted by Gasteiger charge is 2.50. The monoisotopic (exact) mass is 653 g/mol. The van der Waals surface area contributed by atoms with Crippen LogP contribution in [-0.2, 0) is 0 Å². The molecular formula is C43H80N4. The summed E-state index contributed by atoms with van der Waals surface area (Å²) in [6.45, 7) is 43.6. The lowest BCUT2D eigenvalue weighted by Gasteiger charge is -2.40. The summed E-state index contributed by atoms with van der Waals surface area (Å²) in [6.07, 6.45) is 13.3. The predicted molar refractivity (Wildman–Crippen MR) is 209 cm³/mol. The van der Waals surface area contributed by atoms with E-state index >= 15 is 0 Å². The Bertz CT molecular complexity index is 1020. The van der Waals surface area contributed by atoms with Gasteiger partial charge in [-0.3, -0.25) is 0 Å². The van der Waals surface area contributed by atoms with Crippen LogP contribution in [0.25, 0.3) is 0 Å². The molecule has 2 saturated carbocycles. The van der Waals surface area contributed by atoms with E-state index in [-0.39, 0.29) is 18.5 Å². The smallest absolute Gasteiger partial charge is 0.0379 e. The van der Waals surface area contributed by atoms with Crippen molar-refractivity contribution in [2.24, 2.45) is 47.3 Å². The van der Waals surface area contributed by atoms with E-state index in [1.807, 2.05) is 0 Å². The number of hydrogen-bond acceptors (Lipinski definition) is 4. The zero-order valence-corrected chi connectivity index (χ0v) is 32.5. The third-order valence-electron chi connectivity index (χ3n) is 11.9. The van der Waals surface area contributed by atoms with Crippen LogP contribution in [0.1, 0.15) is 155 Å². The molecule has 4 nitrogen and oxygen atoms in total. The third-order valence-corrected chi connectivity index (χ3v) is 11.9. The minimum Gasteiger partial charge on any atom is -0.384 e. The molecule has 0 aromatic carbocycles. The summed E-state index contributed by atoms with van der Waals surface area (Å²) in [6, 6.07) is 0. The van der Waals surface area contributed by atoms with Gasteiger partial charge in [0.2, 0.25) is 0 Å². The Hall–Kier alpha value is -1.84. The van der Waals surface area contributed by atoms with Crippen molar-refractivity contribution < 1.29 is 0 Å². The topological polar surface area (TPSA) is 48.1 Å². The van der Waals surface area contributed by atoms with E-state index < -0.39 is 0 Å². The van der Waals surface area contributed by atoms with Crippen LogP contribution in [0, 0.1) is 47.3 Å². The second-order valence-electron chi connectivity index (χ2n) is 18.8. The van der Waals surface area contributed by atoms with E-state index in [0.29, 0.717) is 22.9 Å². The second kappa shape index (κ2) is 15.8. The average Bonchev–Trinajstić information content (AvgIpc) is 3.78. The Morgan fingerprint density at radius 3 is 1.09 bits per heavy atom. The molecule has 0 aromatic heterocycles. The molecule has 4 atom stereocenters. The van der Waals surface area contributed by atoms with Gasteiger partial charge in [-0.1, -0.05) is 89.1 Å². The summed E-state index contributed by atoms with van der Waals surface area (Å²) in [5.41, 5.74) is 6.63. The lowest BCUT2D eigenvalue weighted by molar-refractivity contribution is 0.250. The van der Waals surface area contributed by atoms with Crippen molar-refractivity contribution in [3.63, 3.8) is 0 Å². The van der Waals surface area contributed by atoms with E-state index in [4.69, 9.17) is 0 Å². The summed E-state index contributed by atoms with van der Waals surface area (Å²) < 4.78 is 0. The molecule has 2 aliphatic carbocycles. The first-order chi connectivity index (χ1) is 21.1. The van der Waals surface area contributed by atoms with E-state index in [0.717, 1.165) is 35.5 Å². The van der Waals surface area contributed by atoms with Gasteiger partial charge in [-0.05, 0) is 116 Å². The molecule has 4 N–H and O–H groups in total. The van der Waals surface area contributed by atoms with Gasteiger partial charge in [-0.25, -0.2) is 0 Å². The zero-order valence-electron chi connectivity index (χ0n) is 32.5. The Morgan fingerprint density at radius 2 is 0.787 bits per heavy atom. The molecule has 0 amide bonds. The summed E-state index contributed by atoms with van der Waals surface area (Å²) in [4.78, 5) is 0. The molecule has 0 radical (unpaired) electrons. The van der Waals surface area contributed by atoms with Crippen LogP contribution in [0.2, 0.25) is 0 Å².